The molecule has 1 fully saturated rings. The number of thiocarbonyl (C=S) groups is 1. The number of carbonyl (C=O) groups excluding carboxylic acids is 1. The van der Waals surface area contributed by atoms with Crippen LogP contribution in [0.4, 0.5) is 11.4 Å². The summed E-state index contributed by atoms with van der Waals surface area (Å²) in [5, 5.41) is 9.61. The Morgan fingerprint density at radius 1 is 1.41 bits per heavy atom. The van der Waals surface area contributed by atoms with Crippen LogP contribution in [0, 0.1) is 6.92 Å². The molecule has 0 spiro atoms. The molecule has 2 rings (SSSR count). The zero-order valence-electron chi connectivity index (χ0n) is 12.7. The van der Waals surface area contributed by atoms with Crippen molar-refractivity contribution in [3.8, 4) is 0 Å². The predicted molar refractivity (Wildman–Crippen MR) is 92.3 cm³/mol. The number of ether oxygens (including phenoxy) is 1. The highest BCUT2D eigenvalue weighted by Crippen LogP contribution is 2.18. The number of rotatable bonds is 6. The van der Waals surface area contributed by atoms with Gasteiger partial charge in [0.05, 0.1) is 13.2 Å². The Morgan fingerprint density at radius 3 is 2.86 bits per heavy atom. The lowest BCUT2D eigenvalue weighted by Gasteiger charge is -2.26. The molecule has 7 heteroatoms. The Balaban J connectivity index is 1.74. The zero-order valence-corrected chi connectivity index (χ0v) is 13.5. The molecule has 6 nitrogen and oxygen atoms in total. The Kier molecular flexibility index (Phi) is 6.57. The van der Waals surface area contributed by atoms with Crippen molar-refractivity contribution < 1.29 is 9.53 Å². The van der Waals surface area contributed by atoms with Crippen LogP contribution in [0.3, 0.4) is 0 Å². The molecule has 1 aromatic rings. The molecule has 22 heavy (non-hydrogen) atoms. The maximum Gasteiger partial charge on any atom is 0.211 e. The largest absolute Gasteiger partial charge is 0.379 e. The van der Waals surface area contributed by atoms with Crippen molar-refractivity contribution >= 4 is 35.1 Å². The molecule has 1 amide bonds. The van der Waals surface area contributed by atoms with Crippen molar-refractivity contribution in [2.75, 3.05) is 50.0 Å². The summed E-state index contributed by atoms with van der Waals surface area (Å²) in [7, 11) is 0. The van der Waals surface area contributed by atoms with E-state index in [4.69, 9.17) is 17.0 Å². The first-order valence-electron chi connectivity index (χ1n) is 7.35. The van der Waals surface area contributed by atoms with Gasteiger partial charge in [0, 0.05) is 37.6 Å². The summed E-state index contributed by atoms with van der Waals surface area (Å²) in [6.45, 7) is 7.26. The highest BCUT2D eigenvalue weighted by Gasteiger charge is 2.09. The number of morpholine rings is 1. The third kappa shape index (κ3) is 5.25. The summed E-state index contributed by atoms with van der Waals surface area (Å²) in [5.74, 6) is 0. The van der Waals surface area contributed by atoms with Gasteiger partial charge in [0.15, 0.2) is 5.11 Å². The minimum Gasteiger partial charge on any atom is -0.379 e. The summed E-state index contributed by atoms with van der Waals surface area (Å²) in [6.07, 6.45) is 0.674. The first-order valence-corrected chi connectivity index (χ1v) is 7.75. The molecular weight excluding hydrogens is 300 g/mol. The van der Waals surface area contributed by atoms with E-state index in [1.165, 1.54) is 0 Å². The van der Waals surface area contributed by atoms with E-state index in [0.29, 0.717) is 11.5 Å². The van der Waals surface area contributed by atoms with E-state index < -0.39 is 0 Å². The number of anilines is 2. The molecule has 0 saturated carbocycles. The van der Waals surface area contributed by atoms with E-state index in [1.807, 2.05) is 25.1 Å². The monoisotopic (exact) mass is 322 g/mol. The van der Waals surface area contributed by atoms with Crippen molar-refractivity contribution in [2.45, 2.75) is 6.92 Å². The van der Waals surface area contributed by atoms with Crippen LogP contribution in [0.2, 0.25) is 0 Å². The summed E-state index contributed by atoms with van der Waals surface area (Å²) >= 11 is 5.29. The van der Waals surface area contributed by atoms with E-state index in [-0.39, 0.29) is 0 Å². The fraction of sp³-hybridized carbons (Fsp3) is 0.467. The van der Waals surface area contributed by atoms with Gasteiger partial charge in [-0.3, -0.25) is 9.69 Å². The second-order valence-electron chi connectivity index (χ2n) is 5.13. The highest BCUT2D eigenvalue weighted by atomic mass is 32.1. The molecule has 1 aliphatic heterocycles. The van der Waals surface area contributed by atoms with Crippen LogP contribution in [-0.2, 0) is 9.53 Å². The van der Waals surface area contributed by atoms with Crippen molar-refractivity contribution in [1.29, 1.82) is 0 Å². The standard InChI is InChI=1S/C15H22N4O2S/c1-12-10-13(2-3-14(12)17-11-20)18-15(22)16-4-5-19-6-8-21-9-7-19/h2-3,10-11H,4-9H2,1H3,(H,17,20)(H2,16,18,22). The average Bonchev–Trinajstić information content (AvgIpc) is 2.51. The fourth-order valence-corrected chi connectivity index (χ4v) is 2.51. The second-order valence-corrected chi connectivity index (χ2v) is 5.54. The molecule has 1 saturated heterocycles. The van der Waals surface area contributed by atoms with Gasteiger partial charge >= 0.3 is 0 Å². The smallest absolute Gasteiger partial charge is 0.211 e. The van der Waals surface area contributed by atoms with Gasteiger partial charge in [-0.1, -0.05) is 0 Å². The second kappa shape index (κ2) is 8.67. The van der Waals surface area contributed by atoms with Crippen LogP contribution < -0.4 is 16.0 Å². The van der Waals surface area contributed by atoms with Crippen LogP contribution in [0.15, 0.2) is 18.2 Å². The third-order valence-electron chi connectivity index (χ3n) is 3.52. The van der Waals surface area contributed by atoms with Crippen LogP contribution in [0.5, 0.6) is 0 Å². The summed E-state index contributed by atoms with van der Waals surface area (Å²) in [6, 6.07) is 5.68. The Bertz CT molecular complexity index is 518. The molecular formula is C15H22N4O2S. The lowest BCUT2D eigenvalue weighted by atomic mass is 10.2. The van der Waals surface area contributed by atoms with Crippen molar-refractivity contribution in [1.82, 2.24) is 10.2 Å². The Labute approximate surface area is 136 Å². The third-order valence-corrected chi connectivity index (χ3v) is 3.76. The predicted octanol–water partition coefficient (Wildman–Crippen LogP) is 1.18. The van der Waals surface area contributed by atoms with E-state index in [1.54, 1.807) is 0 Å². The number of hydrogen-bond donors (Lipinski definition) is 3. The number of amides is 1. The lowest BCUT2D eigenvalue weighted by Crippen LogP contribution is -2.42. The quantitative estimate of drug-likeness (QED) is 0.540. The molecule has 0 bridgehead atoms. The lowest BCUT2D eigenvalue weighted by molar-refractivity contribution is -0.105. The van der Waals surface area contributed by atoms with Gasteiger partial charge in [0.25, 0.3) is 0 Å². The van der Waals surface area contributed by atoms with Crippen LogP contribution in [0.25, 0.3) is 0 Å². The van der Waals surface area contributed by atoms with Gasteiger partial charge in [-0.05, 0) is 42.9 Å². The van der Waals surface area contributed by atoms with Gasteiger partial charge in [0.1, 0.15) is 0 Å². The van der Waals surface area contributed by atoms with Crippen molar-refractivity contribution in [3.63, 3.8) is 0 Å². The normalized spacial score (nSPS) is 15.1. The summed E-state index contributed by atoms with van der Waals surface area (Å²) in [5.41, 5.74) is 2.68. The van der Waals surface area contributed by atoms with Crippen molar-refractivity contribution in [3.05, 3.63) is 23.8 Å². The number of benzene rings is 1. The average molecular weight is 322 g/mol. The maximum atomic E-state index is 10.5. The SMILES string of the molecule is Cc1cc(NC(=S)NCCN2CCOCC2)ccc1NC=O. The molecule has 1 heterocycles. The molecule has 0 radical (unpaired) electrons. The number of nitrogens with zero attached hydrogens (tertiary/aromatic N) is 1. The van der Waals surface area contributed by atoms with Crippen LogP contribution in [-0.4, -0.2) is 55.8 Å². The molecule has 0 atom stereocenters. The molecule has 3 N–H and O–H groups in total. The highest BCUT2D eigenvalue weighted by molar-refractivity contribution is 7.80. The summed E-state index contributed by atoms with van der Waals surface area (Å²) < 4.78 is 5.32. The van der Waals surface area contributed by atoms with Crippen LogP contribution in [0.1, 0.15) is 5.56 Å². The van der Waals surface area contributed by atoms with Gasteiger partial charge in [-0.2, -0.15) is 0 Å². The molecule has 0 aliphatic carbocycles. The molecule has 1 aromatic carbocycles. The Hall–Kier alpha value is -1.70. The summed E-state index contributed by atoms with van der Waals surface area (Å²) in [4.78, 5) is 12.8. The van der Waals surface area contributed by atoms with Gasteiger partial charge < -0.3 is 20.7 Å². The van der Waals surface area contributed by atoms with Gasteiger partial charge in [-0.15, -0.1) is 0 Å². The fourth-order valence-electron chi connectivity index (χ4n) is 2.29. The molecule has 0 aromatic heterocycles. The number of hydrogen-bond acceptors (Lipinski definition) is 4. The van der Waals surface area contributed by atoms with Crippen molar-refractivity contribution in [2.24, 2.45) is 0 Å². The molecule has 120 valence electrons. The minimum atomic E-state index is 0.601. The number of carbonyl (C=O) groups is 1. The first-order chi connectivity index (χ1) is 10.7. The maximum absolute atomic E-state index is 10.5. The van der Waals surface area contributed by atoms with E-state index in [0.717, 1.165) is 56.3 Å². The Morgan fingerprint density at radius 2 is 2.18 bits per heavy atom. The topological polar surface area (TPSA) is 65.6 Å². The van der Waals surface area contributed by atoms with Crippen LogP contribution >= 0.6 is 12.2 Å². The van der Waals surface area contributed by atoms with Gasteiger partial charge in [-0.25, -0.2) is 0 Å². The molecule has 0 unspecified atom stereocenters. The van der Waals surface area contributed by atoms with Gasteiger partial charge in [0.2, 0.25) is 6.41 Å². The number of nitrogens with one attached hydrogen (secondary N) is 3. The van der Waals surface area contributed by atoms with E-state index in [9.17, 15) is 4.79 Å². The van der Waals surface area contributed by atoms with E-state index in [2.05, 4.69) is 20.9 Å². The molecule has 1 aliphatic rings. The minimum absolute atomic E-state index is 0.601. The first kappa shape index (κ1) is 16.7. The van der Waals surface area contributed by atoms with E-state index >= 15 is 0 Å². The zero-order chi connectivity index (χ0) is 15.8. The number of aryl methyl sites for hydroxylation is 1.